The largest absolute Gasteiger partial charge is 0.352 e. The monoisotopic (exact) mass is 414 g/mol. The Balaban J connectivity index is 1.73. The van der Waals surface area contributed by atoms with E-state index in [1.807, 2.05) is 36.6 Å². The van der Waals surface area contributed by atoms with Crippen LogP contribution in [0.25, 0.3) is 0 Å². The first-order valence-corrected chi connectivity index (χ1v) is 11.2. The molecule has 7 heteroatoms. The molecule has 0 bridgehead atoms. The number of aryl methyl sites for hydroxylation is 1. The van der Waals surface area contributed by atoms with Gasteiger partial charge in [0.2, 0.25) is 0 Å². The molecule has 0 aliphatic rings. The van der Waals surface area contributed by atoms with Gasteiger partial charge in [-0.05, 0) is 55.1 Å². The number of rotatable bonds is 7. The quantitative estimate of drug-likeness (QED) is 0.638. The second-order valence-corrected chi connectivity index (χ2v) is 9.42. The van der Waals surface area contributed by atoms with Gasteiger partial charge in [0, 0.05) is 24.0 Å². The number of benzene rings is 2. The highest BCUT2D eigenvalue weighted by Gasteiger charge is 2.22. The second kappa shape index (κ2) is 8.58. The van der Waals surface area contributed by atoms with Crippen molar-refractivity contribution in [2.24, 2.45) is 0 Å². The fourth-order valence-corrected chi connectivity index (χ4v) is 4.66. The van der Waals surface area contributed by atoms with Crippen molar-refractivity contribution in [1.82, 2.24) is 5.32 Å². The molecule has 1 amide bonds. The van der Waals surface area contributed by atoms with Gasteiger partial charge in [-0.25, -0.2) is 8.42 Å². The fraction of sp³-hybridized carbons (Fsp3) is 0.190. The third kappa shape index (κ3) is 4.61. The van der Waals surface area contributed by atoms with Crippen LogP contribution < -0.4 is 9.62 Å². The zero-order valence-electron chi connectivity index (χ0n) is 15.8. The minimum absolute atomic E-state index is 0.0847. The van der Waals surface area contributed by atoms with Gasteiger partial charge in [0.15, 0.2) is 0 Å². The van der Waals surface area contributed by atoms with Gasteiger partial charge < -0.3 is 5.32 Å². The summed E-state index contributed by atoms with van der Waals surface area (Å²) >= 11 is 1.64. The van der Waals surface area contributed by atoms with Gasteiger partial charge in [-0.3, -0.25) is 9.10 Å². The molecule has 5 nitrogen and oxygen atoms in total. The van der Waals surface area contributed by atoms with E-state index in [9.17, 15) is 13.2 Å². The van der Waals surface area contributed by atoms with Gasteiger partial charge in [-0.1, -0.05) is 29.8 Å². The van der Waals surface area contributed by atoms with Crippen molar-refractivity contribution >= 4 is 33.0 Å². The number of anilines is 1. The molecule has 0 radical (unpaired) electrons. The summed E-state index contributed by atoms with van der Waals surface area (Å²) in [5, 5.41) is 4.84. The molecule has 146 valence electrons. The third-order valence-electron chi connectivity index (χ3n) is 4.39. The lowest BCUT2D eigenvalue weighted by molar-refractivity contribution is 0.0954. The molecule has 28 heavy (non-hydrogen) atoms. The molecular formula is C21H22N2O3S2. The SMILES string of the molecule is Cc1ccc(N(C)S(=O)(=O)c2cccc(C(=O)NCCc3cccs3)c2)cc1. The molecule has 0 fully saturated rings. The van der Waals surface area contributed by atoms with Crippen molar-refractivity contribution in [3.63, 3.8) is 0 Å². The van der Waals surface area contributed by atoms with Gasteiger partial charge in [-0.2, -0.15) is 0 Å². The first-order valence-electron chi connectivity index (χ1n) is 8.84. The van der Waals surface area contributed by atoms with Crippen molar-refractivity contribution in [3.05, 3.63) is 82.0 Å². The van der Waals surface area contributed by atoms with Crippen molar-refractivity contribution < 1.29 is 13.2 Å². The smallest absolute Gasteiger partial charge is 0.264 e. The van der Waals surface area contributed by atoms with Gasteiger partial charge in [0.05, 0.1) is 10.6 Å². The Morgan fingerprint density at radius 1 is 1.07 bits per heavy atom. The summed E-state index contributed by atoms with van der Waals surface area (Å²) < 4.78 is 27.1. The average molecular weight is 415 g/mol. The number of hydrogen-bond acceptors (Lipinski definition) is 4. The average Bonchev–Trinajstić information content (AvgIpc) is 3.21. The predicted octanol–water partition coefficient (Wildman–Crippen LogP) is 3.85. The molecule has 0 spiro atoms. The van der Waals surface area contributed by atoms with E-state index in [4.69, 9.17) is 0 Å². The highest BCUT2D eigenvalue weighted by Crippen LogP contribution is 2.23. The zero-order chi connectivity index (χ0) is 20.1. The minimum atomic E-state index is -3.76. The van der Waals surface area contributed by atoms with Crippen LogP contribution in [0.3, 0.4) is 0 Å². The van der Waals surface area contributed by atoms with Crippen LogP contribution in [0, 0.1) is 6.92 Å². The van der Waals surface area contributed by atoms with Crippen LogP contribution in [-0.2, 0) is 16.4 Å². The Bertz CT molecular complexity index is 1040. The third-order valence-corrected chi connectivity index (χ3v) is 7.11. The molecule has 3 aromatic rings. The molecule has 1 heterocycles. The zero-order valence-corrected chi connectivity index (χ0v) is 17.4. The minimum Gasteiger partial charge on any atom is -0.352 e. The molecule has 0 saturated carbocycles. The molecule has 0 atom stereocenters. The Morgan fingerprint density at radius 3 is 2.50 bits per heavy atom. The highest BCUT2D eigenvalue weighted by atomic mass is 32.2. The number of carbonyl (C=O) groups is 1. The summed E-state index contributed by atoms with van der Waals surface area (Å²) in [6.45, 7) is 2.44. The fourth-order valence-electron chi connectivity index (χ4n) is 2.71. The Kier molecular flexibility index (Phi) is 6.16. The number of carbonyl (C=O) groups excluding carboxylic acids is 1. The highest BCUT2D eigenvalue weighted by molar-refractivity contribution is 7.92. The maximum absolute atomic E-state index is 13.0. The number of nitrogens with zero attached hydrogens (tertiary/aromatic N) is 1. The molecule has 1 N–H and O–H groups in total. The molecule has 1 aromatic heterocycles. The van der Waals surface area contributed by atoms with E-state index in [1.54, 1.807) is 35.6 Å². The van der Waals surface area contributed by atoms with E-state index < -0.39 is 10.0 Å². The topological polar surface area (TPSA) is 66.5 Å². The first-order chi connectivity index (χ1) is 13.4. The van der Waals surface area contributed by atoms with Gasteiger partial charge in [0.1, 0.15) is 0 Å². The van der Waals surface area contributed by atoms with Crippen LogP contribution in [0.2, 0.25) is 0 Å². The molecule has 0 aliphatic carbocycles. The Hall–Kier alpha value is -2.64. The molecule has 2 aromatic carbocycles. The van der Waals surface area contributed by atoms with E-state index in [0.717, 1.165) is 12.0 Å². The van der Waals surface area contributed by atoms with Crippen molar-refractivity contribution in [2.75, 3.05) is 17.9 Å². The number of thiophene rings is 1. The molecular weight excluding hydrogens is 392 g/mol. The lowest BCUT2D eigenvalue weighted by atomic mass is 10.2. The van der Waals surface area contributed by atoms with Gasteiger partial charge in [-0.15, -0.1) is 11.3 Å². The first kappa shape index (κ1) is 20.1. The summed E-state index contributed by atoms with van der Waals surface area (Å²) in [7, 11) is -2.25. The maximum Gasteiger partial charge on any atom is 0.264 e. The molecule has 3 rings (SSSR count). The van der Waals surface area contributed by atoms with Crippen molar-refractivity contribution in [2.45, 2.75) is 18.2 Å². The maximum atomic E-state index is 13.0. The van der Waals surface area contributed by atoms with Crippen LogP contribution in [0.15, 0.2) is 70.9 Å². The standard InChI is InChI=1S/C21H22N2O3S2/c1-16-8-10-18(11-9-16)23(2)28(25,26)20-7-3-5-17(15-20)21(24)22-13-12-19-6-4-14-27-19/h3-11,14-15H,12-13H2,1-2H3,(H,22,24). The lowest BCUT2D eigenvalue weighted by Gasteiger charge is -2.20. The van der Waals surface area contributed by atoms with Crippen LogP contribution >= 0.6 is 11.3 Å². The number of nitrogens with one attached hydrogen (secondary N) is 1. The van der Waals surface area contributed by atoms with Crippen molar-refractivity contribution in [3.8, 4) is 0 Å². The molecule has 0 unspecified atom stereocenters. The number of hydrogen-bond donors (Lipinski definition) is 1. The van der Waals surface area contributed by atoms with Crippen LogP contribution in [-0.4, -0.2) is 27.9 Å². The summed E-state index contributed by atoms with van der Waals surface area (Å²) in [6, 6.07) is 17.4. The van der Waals surface area contributed by atoms with E-state index in [1.165, 1.54) is 28.4 Å². The lowest BCUT2D eigenvalue weighted by Crippen LogP contribution is -2.28. The summed E-state index contributed by atoms with van der Waals surface area (Å²) in [4.78, 5) is 13.7. The summed E-state index contributed by atoms with van der Waals surface area (Å²) in [5.74, 6) is -0.286. The van der Waals surface area contributed by atoms with Crippen LogP contribution in [0.1, 0.15) is 20.8 Å². The Morgan fingerprint density at radius 2 is 1.82 bits per heavy atom. The van der Waals surface area contributed by atoms with Crippen molar-refractivity contribution in [1.29, 1.82) is 0 Å². The summed E-state index contributed by atoms with van der Waals surface area (Å²) in [6.07, 6.45) is 0.748. The van der Waals surface area contributed by atoms with E-state index in [0.29, 0.717) is 17.8 Å². The second-order valence-electron chi connectivity index (χ2n) is 6.42. The van der Waals surface area contributed by atoms with E-state index in [2.05, 4.69) is 5.32 Å². The van der Waals surface area contributed by atoms with Crippen LogP contribution in [0.4, 0.5) is 5.69 Å². The van der Waals surface area contributed by atoms with E-state index in [-0.39, 0.29) is 10.8 Å². The molecule has 0 aliphatic heterocycles. The van der Waals surface area contributed by atoms with E-state index >= 15 is 0 Å². The van der Waals surface area contributed by atoms with Crippen LogP contribution in [0.5, 0.6) is 0 Å². The molecule has 0 saturated heterocycles. The number of sulfonamides is 1. The number of amides is 1. The van der Waals surface area contributed by atoms with Gasteiger partial charge >= 0.3 is 0 Å². The Labute approximate surface area is 169 Å². The normalized spacial score (nSPS) is 11.2. The summed E-state index contributed by atoms with van der Waals surface area (Å²) in [5.41, 5.74) is 1.94. The van der Waals surface area contributed by atoms with Gasteiger partial charge in [0.25, 0.3) is 15.9 Å². The predicted molar refractivity (Wildman–Crippen MR) is 114 cm³/mol.